The van der Waals surface area contributed by atoms with Crippen LogP contribution in [0.3, 0.4) is 0 Å². The molecule has 1 aliphatic rings. The summed E-state index contributed by atoms with van der Waals surface area (Å²) in [6, 6.07) is 5.89. The highest BCUT2D eigenvalue weighted by atomic mass is 32.1. The van der Waals surface area contributed by atoms with Crippen molar-refractivity contribution in [1.82, 2.24) is 15.3 Å². The van der Waals surface area contributed by atoms with Crippen molar-refractivity contribution in [2.75, 3.05) is 17.2 Å². The molecule has 4 N–H and O–H groups in total. The summed E-state index contributed by atoms with van der Waals surface area (Å²) in [6.07, 6.45) is 0.728. The Morgan fingerprint density at radius 3 is 2.84 bits per heavy atom. The van der Waals surface area contributed by atoms with Gasteiger partial charge in [0, 0.05) is 30.4 Å². The average Bonchev–Trinajstić information content (AvgIpc) is 3.26. The fourth-order valence-corrected chi connectivity index (χ4v) is 4.61. The Morgan fingerprint density at radius 1 is 1.19 bits per heavy atom. The maximum atomic E-state index is 12.5. The summed E-state index contributed by atoms with van der Waals surface area (Å²) in [5.41, 5.74) is 8.05. The molecule has 4 aromatic rings. The molecule has 10 heteroatoms. The molecule has 1 aliphatic heterocycles. The number of thiophene rings is 1. The monoisotopic (exact) mass is 435 g/mol. The van der Waals surface area contributed by atoms with Gasteiger partial charge in [-0.2, -0.15) is 0 Å². The summed E-state index contributed by atoms with van der Waals surface area (Å²) in [7, 11) is 0. The van der Waals surface area contributed by atoms with Gasteiger partial charge in [0.15, 0.2) is 5.82 Å². The second-order valence-electron chi connectivity index (χ2n) is 7.46. The smallest absolute Gasteiger partial charge is 0.287 e. The van der Waals surface area contributed by atoms with E-state index in [9.17, 15) is 19.2 Å². The molecular formula is C21H17N5O4S. The van der Waals surface area contributed by atoms with Crippen LogP contribution < -0.4 is 32.4 Å². The largest absolute Gasteiger partial charge is 0.394 e. The van der Waals surface area contributed by atoms with Crippen molar-refractivity contribution in [2.45, 2.75) is 19.5 Å². The first-order chi connectivity index (χ1) is 14.9. The van der Waals surface area contributed by atoms with Crippen molar-refractivity contribution in [3.63, 3.8) is 0 Å². The number of benzene rings is 1. The van der Waals surface area contributed by atoms with Gasteiger partial charge in [-0.3, -0.25) is 19.2 Å². The van der Waals surface area contributed by atoms with Crippen LogP contribution in [0.5, 0.6) is 0 Å². The van der Waals surface area contributed by atoms with Gasteiger partial charge < -0.3 is 20.9 Å². The molecule has 3 heterocycles. The molecule has 0 atom stereocenters. The summed E-state index contributed by atoms with van der Waals surface area (Å²) in [5, 5.41) is 6.65. The van der Waals surface area contributed by atoms with Gasteiger partial charge in [-0.05, 0) is 23.1 Å². The summed E-state index contributed by atoms with van der Waals surface area (Å²) in [5.74, 6) is -0.503. The van der Waals surface area contributed by atoms with Crippen molar-refractivity contribution < 1.29 is 4.79 Å². The Balaban J connectivity index is 1.31. The molecule has 1 amide bonds. The van der Waals surface area contributed by atoms with Crippen molar-refractivity contribution in [1.29, 1.82) is 0 Å². The van der Waals surface area contributed by atoms with Gasteiger partial charge in [0.05, 0.1) is 10.9 Å². The quantitative estimate of drug-likeness (QED) is 0.400. The lowest BCUT2D eigenvalue weighted by Gasteiger charge is -2.32. The van der Waals surface area contributed by atoms with E-state index in [1.165, 1.54) is 11.3 Å². The third-order valence-corrected chi connectivity index (χ3v) is 6.27. The van der Waals surface area contributed by atoms with Gasteiger partial charge in [-0.1, -0.05) is 18.2 Å². The Labute approximate surface area is 178 Å². The molecule has 31 heavy (non-hydrogen) atoms. The average molecular weight is 435 g/mol. The number of hydrogen-bond donors (Lipinski definition) is 3. The second kappa shape index (κ2) is 7.17. The minimum atomic E-state index is -0.621. The number of amides is 1. The van der Waals surface area contributed by atoms with E-state index in [2.05, 4.69) is 15.3 Å². The number of aromatic nitrogens is 2. The molecule has 0 bridgehead atoms. The lowest BCUT2D eigenvalue weighted by atomic mass is 9.96. The van der Waals surface area contributed by atoms with E-state index >= 15 is 0 Å². The summed E-state index contributed by atoms with van der Waals surface area (Å²) >= 11 is 1.35. The number of carbonyl (C=O) groups is 1. The van der Waals surface area contributed by atoms with E-state index < -0.39 is 16.8 Å². The van der Waals surface area contributed by atoms with E-state index in [-0.39, 0.29) is 23.6 Å². The van der Waals surface area contributed by atoms with Crippen molar-refractivity contribution in [3.05, 3.63) is 82.3 Å². The van der Waals surface area contributed by atoms with E-state index in [1.807, 2.05) is 23.1 Å². The molecule has 0 saturated heterocycles. The van der Waals surface area contributed by atoms with Crippen molar-refractivity contribution >= 4 is 39.5 Å². The molecule has 5 rings (SSSR count). The highest BCUT2D eigenvalue weighted by Gasteiger charge is 2.26. The van der Waals surface area contributed by atoms with E-state index in [0.29, 0.717) is 29.7 Å². The number of aromatic amines is 1. The van der Waals surface area contributed by atoms with Crippen LogP contribution in [-0.4, -0.2) is 22.4 Å². The van der Waals surface area contributed by atoms with Crippen LogP contribution >= 0.6 is 11.3 Å². The van der Waals surface area contributed by atoms with Crippen LogP contribution in [0.25, 0.3) is 10.9 Å². The number of nitrogens with one attached hydrogen (secondary N) is 2. The van der Waals surface area contributed by atoms with E-state index in [0.717, 1.165) is 23.1 Å². The summed E-state index contributed by atoms with van der Waals surface area (Å²) in [6.45, 7) is 1.33. The predicted molar refractivity (Wildman–Crippen MR) is 118 cm³/mol. The van der Waals surface area contributed by atoms with Crippen LogP contribution in [0, 0.1) is 0 Å². The van der Waals surface area contributed by atoms with Gasteiger partial charge >= 0.3 is 0 Å². The molecule has 9 nitrogen and oxygen atoms in total. The molecule has 0 fully saturated rings. The predicted octanol–water partition coefficient (Wildman–Crippen LogP) is 0.656. The highest BCUT2D eigenvalue weighted by Crippen LogP contribution is 2.26. The topological polar surface area (TPSA) is 138 Å². The van der Waals surface area contributed by atoms with Gasteiger partial charge in [0.1, 0.15) is 11.4 Å². The normalized spacial score (nSPS) is 13.5. The van der Waals surface area contributed by atoms with Crippen LogP contribution in [0.4, 0.5) is 11.4 Å². The minimum absolute atomic E-state index is 0.0287. The third kappa shape index (κ3) is 3.21. The number of hydrogen-bond acceptors (Lipinski definition) is 8. The lowest BCUT2D eigenvalue weighted by molar-refractivity contribution is 0.0940. The molecule has 2 aromatic carbocycles. The Hall–Kier alpha value is -3.79. The van der Waals surface area contributed by atoms with Gasteiger partial charge in [0.25, 0.3) is 22.3 Å². The number of anilines is 2. The molecule has 0 spiro atoms. The number of nitrogen functional groups attached to an aromatic ring is 1. The Morgan fingerprint density at radius 2 is 2.03 bits per heavy atom. The number of nitrogens with zero attached hydrogens (tertiary/aromatic N) is 2. The second-order valence-corrected chi connectivity index (χ2v) is 8.21. The fraction of sp³-hybridized carbons (Fsp3) is 0.190. The molecular weight excluding hydrogens is 418 g/mol. The van der Waals surface area contributed by atoms with Crippen LogP contribution in [0.15, 0.2) is 43.3 Å². The highest BCUT2D eigenvalue weighted by molar-refractivity contribution is 7.09. The Bertz CT molecular complexity index is 1480. The Kier molecular flexibility index (Phi) is 4.44. The first-order valence-electron chi connectivity index (χ1n) is 9.61. The molecule has 0 unspecified atom stereocenters. The molecule has 156 valence electrons. The van der Waals surface area contributed by atoms with Crippen LogP contribution in [0.1, 0.15) is 27.3 Å². The van der Waals surface area contributed by atoms with Gasteiger partial charge in [-0.15, -0.1) is 11.3 Å². The standard InChI is InChI=1S/C21H17N5O4S/c22-15-16(18(28)17(15)27)26-4-3-11-2-1-10(5-12(11)7-26)6-23-21(30)19-24-14-9-31-8-13(14)20(29)25-19/h1-2,5,8-9H,3-4,6-7,22H2,(H,23,30)(H,24,25,29). The molecule has 0 saturated carbocycles. The zero-order valence-corrected chi connectivity index (χ0v) is 17.0. The minimum Gasteiger partial charge on any atom is -0.394 e. The van der Waals surface area contributed by atoms with Crippen molar-refractivity contribution in [2.24, 2.45) is 0 Å². The first-order valence-corrected chi connectivity index (χ1v) is 10.6. The molecule has 0 aliphatic carbocycles. The number of nitrogens with two attached hydrogens (primary N) is 1. The van der Waals surface area contributed by atoms with Gasteiger partial charge in [-0.25, -0.2) is 4.98 Å². The van der Waals surface area contributed by atoms with Crippen LogP contribution in [-0.2, 0) is 19.5 Å². The molecule has 2 aromatic heterocycles. The van der Waals surface area contributed by atoms with Crippen LogP contribution in [0.2, 0.25) is 0 Å². The maximum absolute atomic E-state index is 12.5. The molecule has 0 radical (unpaired) electrons. The first kappa shape index (κ1) is 19.2. The zero-order valence-electron chi connectivity index (χ0n) is 16.2. The van der Waals surface area contributed by atoms with Crippen molar-refractivity contribution in [3.8, 4) is 0 Å². The third-order valence-electron chi connectivity index (χ3n) is 5.54. The summed E-state index contributed by atoms with van der Waals surface area (Å²) in [4.78, 5) is 56.3. The maximum Gasteiger partial charge on any atom is 0.287 e. The number of fused-ring (bicyclic) bond motifs is 2. The number of rotatable bonds is 4. The van der Waals surface area contributed by atoms with E-state index in [1.54, 1.807) is 10.8 Å². The van der Waals surface area contributed by atoms with E-state index in [4.69, 9.17) is 5.73 Å². The summed E-state index contributed by atoms with van der Waals surface area (Å²) < 4.78 is 0. The zero-order chi connectivity index (χ0) is 21.7. The number of H-pyrrole nitrogens is 1. The SMILES string of the molecule is Nc1c(N2CCc3ccc(CNC(=O)c4nc5cscc5c(=O)[nH]4)cc3C2)c(=O)c1=O. The van der Waals surface area contributed by atoms with Gasteiger partial charge in [0.2, 0.25) is 0 Å². The number of carbonyl (C=O) groups excluding carboxylic acids is 1. The fourth-order valence-electron chi connectivity index (χ4n) is 3.87. The lowest BCUT2D eigenvalue weighted by Crippen LogP contribution is -2.44.